The van der Waals surface area contributed by atoms with Crippen molar-refractivity contribution >= 4 is 43.1 Å². The van der Waals surface area contributed by atoms with E-state index in [1.165, 1.54) is 98.7 Å². The molecule has 0 fully saturated rings. The Hall–Kier alpha value is -5.98. The molecule has 0 nitrogen and oxygen atoms in total. The lowest BCUT2D eigenvalue weighted by atomic mass is 9.80. The Kier molecular flexibility index (Phi) is 6.02. The van der Waals surface area contributed by atoms with Crippen LogP contribution in [-0.2, 0) is 5.41 Å². The maximum atomic E-state index is 2.45. The number of benzene rings is 9. The fraction of sp³-hybridized carbons (Fsp3) is 0.0612. The van der Waals surface area contributed by atoms with Gasteiger partial charge in [0.1, 0.15) is 0 Å². The first-order valence-corrected chi connectivity index (χ1v) is 17.3. The van der Waals surface area contributed by atoms with Crippen molar-refractivity contribution in [2.24, 2.45) is 0 Å². The smallest absolute Gasteiger partial charge is 0.0159 e. The van der Waals surface area contributed by atoms with E-state index in [2.05, 4.69) is 184 Å². The average molecular weight is 623 g/mol. The monoisotopic (exact) mass is 622 g/mol. The maximum absolute atomic E-state index is 2.45. The van der Waals surface area contributed by atoms with Gasteiger partial charge in [0.15, 0.2) is 0 Å². The molecular weight excluding hydrogens is 589 g/mol. The minimum absolute atomic E-state index is 0.0980. The summed E-state index contributed by atoms with van der Waals surface area (Å²) in [6.45, 7) is 4.76. The van der Waals surface area contributed by atoms with Gasteiger partial charge in [-0.05, 0) is 117 Å². The topological polar surface area (TPSA) is 0 Å². The van der Waals surface area contributed by atoms with Gasteiger partial charge >= 0.3 is 0 Å². The predicted octanol–water partition coefficient (Wildman–Crippen LogP) is 13.6. The second kappa shape index (κ2) is 10.5. The molecule has 0 saturated heterocycles. The molecule has 0 aliphatic heterocycles. The first kappa shape index (κ1) is 28.1. The van der Waals surface area contributed by atoms with E-state index in [1.54, 1.807) is 0 Å². The van der Waals surface area contributed by atoms with Gasteiger partial charge < -0.3 is 0 Å². The normalized spacial score (nSPS) is 13.3. The second-order valence-corrected chi connectivity index (χ2v) is 14.1. The van der Waals surface area contributed by atoms with Gasteiger partial charge in [0.2, 0.25) is 0 Å². The van der Waals surface area contributed by atoms with Gasteiger partial charge in [0.05, 0.1) is 0 Å². The van der Waals surface area contributed by atoms with Crippen LogP contribution in [0.15, 0.2) is 170 Å². The van der Waals surface area contributed by atoms with E-state index < -0.39 is 0 Å². The van der Waals surface area contributed by atoms with Gasteiger partial charge in [-0.3, -0.25) is 0 Å². The molecule has 9 aromatic carbocycles. The molecule has 0 radical (unpaired) electrons. The minimum Gasteiger partial charge on any atom is -0.0622 e. The molecule has 0 heterocycles. The molecule has 0 heteroatoms. The zero-order chi connectivity index (χ0) is 32.7. The van der Waals surface area contributed by atoms with Crippen LogP contribution in [0.2, 0.25) is 0 Å². The van der Waals surface area contributed by atoms with Crippen LogP contribution in [0.4, 0.5) is 0 Å². The van der Waals surface area contributed by atoms with Crippen LogP contribution in [0.5, 0.6) is 0 Å². The zero-order valence-electron chi connectivity index (χ0n) is 27.7. The van der Waals surface area contributed by atoms with Gasteiger partial charge in [0, 0.05) is 5.41 Å². The number of hydrogen-bond acceptors (Lipinski definition) is 0. The van der Waals surface area contributed by atoms with E-state index in [1.807, 2.05) is 0 Å². The zero-order valence-corrected chi connectivity index (χ0v) is 27.7. The van der Waals surface area contributed by atoms with Crippen molar-refractivity contribution in [1.29, 1.82) is 0 Å². The fourth-order valence-electron chi connectivity index (χ4n) is 8.60. The van der Waals surface area contributed by atoms with Crippen LogP contribution in [0.25, 0.3) is 87.6 Å². The molecule has 1 aliphatic carbocycles. The third-order valence-corrected chi connectivity index (χ3v) is 11.1. The third kappa shape index (κ3) is 4.17. The predicted molar refractivity (Wildman–Crippen MR) is 210 cm³/mol. The fourth-order valence-corrected chi connectivity index (χ4v) is 8.60. The Morgan fingerprint density at radius 3 is 1.29 bits per heavy atom. The Balaban J connectivity index is 1.11. The Bertz CT molecular complexity index is 2750. The van der Waals surface area contributed by atoms with Gasteiger partial charge in [-0.1, -0.05) is 166 Å². The van der Waals surface area contributed by atoms with Crippen molar-refractivity contribution in [3.8, 4) is 44.5 Å². The highest BCUT2D eigenvalue weighted by Crippen LogP contribution is 2.51. The Morgan fingerprint density at radius 2 is 0.694 bits per heavy atom. The van der Waals surface area contributed by atoms with E-state index in [-0.39, 0.29) is 5.41 Å². The van der Waals surface area contributed by atoms with Crippen LogP contribution in [0.1, 0.15) is 25.0 Å². The van der Waals surface area contributed by atoms with Crippen LogP contribution in [-0.4, -0.2) is 0 Å². The van der Waals surface area contributed by atoms with E-state index in [0.29, 0.717) is 0 Å². The summed E-state index contributed by atoms with van der Waals surface area (Å²) < 4.78 is 0. The number of rotatable bonds is 3. The summed E-state index contributed by atoms with van der Waals surface area (Å²) in [5.74, 6) is 0. The molecule has 0 atom stereocenters. The summed E-state index contributed by atoms with van der Waals surface area (Å²) in [5.41, 5.74) is 13.0. The molecule has 0 bridgehead atoms. The van der Waals surface area contributed by atoms with Gasteiger partial charge in [-0.15, -0.1) is 0 Å². The van der Waals surface area contributed by atoms with Gasteiger partial charge in [0.25, 0.3) is 0 Å². The van der Waals surface area contributed by atoms with Crippen molar-refractivity contribution in [3.63, 3.8) is 0 Å². The molecule has 1 aliphatic rings. The Morgan fingerprint density at radius 1 is 0.265 bits per heavy atom. The van der Waals surface area contributed by atoms with Crippen LogP contribution < -0.4 is 0 Å². The van der Waals surface area contributed by atoms with Gasteiger partial charge in [-0.25, -0.2) is 0 Å². The van der Waals surface area contributed by atoms with Crippen molar-refractivity contribution in [3.05, 3.63) is 181 Å². The molecule has 10 rings (SSSR count). The third-order valence-electron chi connectivity index (χ3n) is 11.1. The first-order valence-electron chi connectivity index (χ1n) is 17.3. The first-order chi connectivity index (χ1) is 24.1. The van der Waals surface area contributed by atoms with Crippen molar-refractivity contribution in [1.82, 2.24) is 0 Å². The van der Waals surface area contributed by atoms with Crippen molar-refractivity contribution in [2.45, 2.75) is 19.3 Å². The summed E-state index contributed by atoms with van der Waals surface area (Å²) in [6, 6.07) is 63.1. The SMILES string of the molecule is CC1(C)c2cc(-c3ccccc3)ccc2-c2ccc(-c3cccc4c(-c5ccc6c7ccccc7c7ccccc7c6c5)cccc34)cc21. The molecule has 49 heavy (non-hydrogen) atoms. The summed E-state index contributed by atoms with van der Waals surface area (Å²) in [7, 11) is 0. The standard InChI is InChI=1S/C49H34/c1-49(2)47-29-32(31-12-4-3-5-13-31)22-26-44(47)45-27-24-34(30-48(45)49)36-19-11-20-37-35(18-10-21-38(36)37)33-23-25-43-41-16-7-6-14-39(41)40-15-8-9-17-42(40)46(43)28-33/h3-30H,1-2H3. The lowest BCUT2D eigenvalue weighted by molar-refractivity contribution is 0.661. The maximum Gasteiger partial charge on any atom is 0.0159 e. The lowest BCUT2D eigenvalue weighted by Crippen LogP contribution is -2.15. The quantitative estimate of drug-likeness (QED) is 0.172. The van der Waals surface area contributed by atoms with Crippen LogP contribution >= 0.6 is 0 Å². The molecule has 0 unspecified atom stereocenters. The molecule has 0 spiro atoms. The minimum atomic E-state index is -0.0980. The number of fused-ring (bicyclic) bond motifs is 10. The molecule has 0 aromatic heterocycles. The largest absolute Gasteiger partial charge is 0.0622 e. The molecule has 9 aromatic rings. The second-order valence-electron chi connectivity index (χ2n) is 14.1. The van der Waals surface area contributed by atoms with Crippen molar-refractivity contribution < 1.29 is 0 Å². The van der Waals surface area contributed by atoms with Crippen LogP contribution in [0, 0.1) is 0 Å². The molecule has 0 N–H and O–H groups in total. The van der Waals surface area contributed by atoms with E-state index >= 15 is 0 Å². The summed E-state index contributed by atoms with van der Waals surface area (Å²) in [6.07, 6.45) is 0. The molecule has 230 valence electrons. The van der Waals surface area contributed by atoms with Crippen molar-refractivity contribution in [2.75, 3.05) is 0 Å². The highest BCUT2D eigenvalue weighted by Gasteiger charge is 2.36. The van der Waals surface area contributed by atoms with Gasteiger partial charge in [-0.2, -0.15) is 0 Å². The summed E-state index contributed by atoms with van der Waals surface area (Å²) >= 11 is 0. The highest BCUT2D eigenvalue weighted by molar-refractivity contribution is 6.26. The number of hydrogen-bond donors (Lipinski definition) is 0. The van der Waals surface area contributed by atoms with E-state index in [9.17, 15) is 0 Å². The highest BCUT2D eigenvalue weighted by atomic mass is 14.4. The molecular formula is C49H34. The van der Waals surface area contributed by atoms with Crippen LogP contribution in [0.3, 0.4) is 0 Å². The average Bonchev–Trinajstić information content (AvgIpc) is 3.39. The Labute approximate surface area is 286 Å². The molecule has 0 saturated carbocycles. The lowest BCUT2D eigenvalue weighted by Gasteiger charge is -2.23. The summed E-state index contributed by atoms with van der Waals surface area (Å²) in [5, 5.41) is 10.4. The van der Waals surface area contributed by atoms with E-state index in [4.69, 9.17) is 0 Å². The van der Waals surface area contributed by atoms with E-state index in [0.717, 1.165) is 0 Å². The molecule has 0 amide bonds. The summed E-state index contributed by atoms with van der Waals surface area (Å²) in [4.78, 5) is 0.